The van der Waals surface area contributed by atoms with Gasteiger partial charge in [0.25, 0.3) is 0 Å². The topological polar surface area (TPSA) is 48.6 Å². The lowest BCUT2D eigenvalue weighted by Crippen LogP contribution is -2.26. The van der Waals surface area contributed by atoms with Crippen molar-refractivity contribution in [2.24, 2.45) is 4.99 Å². The summed E-state index contributed by atoms with van der Waals surface area (Å²) in [7, 11) is 1.52. The molecule has 0 saturated heterocycles. The first kappa shape index (κ1) is 13.6. The first-order valence-corrected chi connectivity index (χ1v) is 6.22. The average molecular weight is 265 g/mol. The van der Waals surface area contributed by atoms with E-state index in [4.69, 9.17) is 10.00 Å². The molecule has 0 unspecified atom stereocenters. The first-order valence-electron chi connectivity index (χ1n) is 6.22. The molecule has 0 aliphatic carbocycles. The van der Waals surface area contributed by atoms with Crippen LogP contribution in [0.15, 0.2) is 65.7 Å². The number of nitriles is 1. The fourth-order valence-electron chi connectivity index (χ4n) is 1.88. The zero-order valence-electron chi connectivity index (χ0n) is 11.2. The van der Waals surface area contributed by atoms with Crippen LogP contribution in [0.3, 0.4) is 0 Å². The number of methoxy groups -OCH3 is 1. The smallest absolute Gasteiger partial charge is 0.219 e. The van der Waals surface area contributed by atoms with Gasteiger partial charge in [-0.25, -0.2) is 0 Å². The summed E-state index contributed by atoms with van der Waals surface area (Å²) in [6.45, 7) is 0.401. The van der Waals surface area contributed by atoms with E-state index in [1.54, 1.807) is 6.19 Å². The molecule has 0 amide bonds. The summed E-state index contributed by atoms with van der Waals surface area (Å²) in [6, 6.07) is 19.8. The van der Waals surface area contributed by atoms with E-state index in [0.717, 1.165) is 11.4 Å². The molecule has 0 bridgehead atoms. The van der Waals surface area contributed by atoms with E-state index in [1.807, 2.05) is 65.6 Å². The van der Waals surface area contributed by atoms with Crippen LogP contribution in [0.2, 0.25) is 0 Å². The van der Waals surface area contributed by atoms with Crippen molar-refractivity contribution < 1.29 is 4.74 Å². The van der Waals surface area contributed by atoms with Crippen molar-refractivity contribution in [3.63, 3.8) is 0 Å². The normalized spacial score (nSPS) is 10.7. The number of para-hydroxylation sites is 2. The molecular weight excluding hydrogens is 250 g/mol. The Bertz CT molecular complexity index is 563. The summed E-state index contributed by atoms with van der Waals surface area (Å²) in [4.78, 5) is 5.73. The van der Waals surface area contributed by atoms with Crippen LogP contribution < -0.4 is 4.90 Å². The number of hydrogen-bond acceptors (Lipinski definition) is 4. The summed E-state index contributed by atoms with van der Waals surface area (Å²) in [5.41, 5.74) is 2.03. The van der Waals surface area contributed by atoms with Crippen LogP contribution in [0.25, 0.3) is 0 Å². The van der Waals surface area contributed by atoms with Gasteiger partial charge in [0, 0.05) is 11.4 Å². The highest BCUT2D eigenvalue weighted by Gasteiger charge is 2.12. The van der Waals surface area contributed by atoms with Gasteiger partial charge < -0.3 is 9.64 Å². The molecule has 2 rings (SSSR count). The molecule has 4 nitrogen and oxygen atoms in total. The van der Waals surface area contributed by atoms with Crippen LogP contribution in [0, 0.1) is 11.5 Å². The Morgan fingerprint density at radius 1 is 1.05 bits per heavy atom. The van der Waals surface area contributed by atoms with Crippen molar-refractivity contribution in [2.75, 3.05) is 18.6 Å². The van der Waals surface area contributed by atoms with Gasteiger partial charge in [-0.2, -0.15) is 5.26 Å². The molecule has 0 saturated carbocycles. The van der Waals surface area contributed by atoms with Crippen molar-refractivity contribution in [2.45, 2.75) is 0 Å². The number of rotatable bonds is 4. The second-order valence-corrected chi connectivity index (χ2v) is 4.07. The number of anilines is 2. The van der Waals surface area contributed by atoms with Crippen LogP contribution in [0.4, 0.5) is 11.4 Å². The van der Waals surface area contributed by atoms with Gasteiger partial charge >= 0.3 is 0 Å². The molecule has 0 heterocycles. The number of benzene rings is 2. The molecule has 2 aromatic rings. The third-order valence-electron chi connectivity index (χ3n) is 2.84. The lowest BCUT2D eigenvalue weighted by Gasteiger charge is -2.24. The zero-order chi connectivity index (χ0) is 14.2. The minimum Gasteiger partial charge on any atom is -0.482 e. The SMILES string of the molecule is COC(CN(c1ccccc1)c1ccccc1)=NC#N. The standard InChI is InChI=1S/C16H15N3O/c1-20-16(18-13-17)12-19(14-8-4-2-5-9-14)15-10-6-3-7-11-15/h2-11H,12H2,1H3. The molecule has 100 valence electrons. The highest BCUT2D eigenvalue weighted by atomic mass is 16.5. The van der Waals surface area contributed by atoms with Gasteiger partial charge in [-0.15, -0.1) is 4.99 Å². The van der Waals surface area contributed by atoms with Gasteiger partial charge in [-0.05, 0) is 24.3 Å². The van der Waals surface area contributed by atoms with Crippen molar-refractivity contribution in [1.29, 1.82) is 5.26 Å². The molecule has 0 atom stereocenters. The molecule has 20 heavy (non-hydrogen) atoms. The predicted molar refractivity (Wildman–Crippen MR) is 79.9 cm³/mol. The number of aliphatic imine (C=N–C) groups is 1. The Morgan fingerprint density at radius 3 is 1.95 bits per heavy atom. The van der Waals surface area contributed by atoms with Gasteiger partial charge in [0.15, 0.2) is 0 Å². The van der Waals surface area contributed by atoms with E-state index in [2.05, 4.69) is 4.99 Å². The van der Waals surface area contributed by atoms with Crippen LogP contribution >= 0.6 is 0 Å². The molecular formula is C16H15N3O. The molecule has 0 aliphatic heterocycles. The zero-order valence-corrected chi connectivity index (χ0v) is 11.2. The van der Waals surface area contributed by atoms with Crippen LogP contribution in [-0.4, -0.2) is 19.6 Å². The Labute approximate surface area is 118 Å². The van der Waals surface area contributed by atoms with E-state index in [-0.39, 0.29) is 0 Å². The van der Waals surface area contributed by atoms with Crippen LogP contribution in [0.5, 0.6) is 0 Å². The molecule has 4 heteroatoms. The van der Waals surface area contributed by atoms with Crippen molar-refractivity contribution in [3.05, 3.63) is 60.7 Å². The summed E-state index contributed by atoms with van der Waals surface area (Å²) in [5.74, 6) is 0.375. The van der Waals surface area contributed by atoms with Crippen molar-refractivity contribution >= 4 is 17.3 Å². The maximum absolute atomic E-state index is 8.69. The third kappa shape index (κ3) is 3.36. The monoisotopic (exact) mass is 265 g/mol. The van der Waals surface area contributed by atoms with E-state index in [0.29, 0.717) is 12.4 Å². The fraction of sp³-hybridized carbons (Fsp3) is 0.125. The summed E-state index contributed by atoms with van der Waals surface area (Å²) in [5, 5.41) is 8.69. The van der Waals surface area contributed by atoms with E-state index >= 15 is 0 Å². The molecule has 0 N–H and O–H groups in total. The second-order valence-electron chi connectivity index (χ2n) is 4.07. The van der Waals surface area contributed by atoms with Crippen molar-refractivity contribution in [1.82, 2.24) is 0 Å². The molecule has 2 aromatic carbocycles. The molecule has 0 radical (unpaired) electrons. The maximum Gasteiger partial charge on any atom is 0.219 e. The highest BCUT2D eigenvalue weighted by molar-refractivity contribution is 5.85. The lowest BCUT2D eigenvalue weighted by molar-refractivity contribution is 0.396. The molecule has 0 fully saturated rings. The van der Waals surface area contributed by atoms with Gasteiger partial charge in [-0.1, -0.05) is 36.4 Å². The Hall–Kier alpha value is -2.80. The maximum atomic E-state index is 8.69. The Kier molecular flexibility index (Phi) is 4.74. The van der Waals surface area contributed by atoms with Gasteiger partial charge in [0.2, 0.25) is 12.1 Å². The Balaban J connectivity index is 2.36. The second kappa shape index (κ2) is 6.95. The third-order valence-corrected chi connectivity index (χ3v) is 2.84. The van der Waals surface area contributed by atoms with Crippen LogP contribution in [-0.2, 0) is 4.74 Å². The quantitative estimate of drug-likeness (QED) is 0.484. The first-order chi connectivity index (χ1) is 9.85. The minimum atomic E-state index is 0.375. The lowest BCUT2D eigenvalue weighted by atomic mass is 10.2. The molecule has 0 aromatic heterocycles. The summed E-state index contributed by atoms with van der Waals surface area (Å²) < 4.78 is 5.15. The highest BCUT2D eigenvalue weighted by Crippen LogP contribution is 2.24. The number of hydrogen-bond donors (Lipinski definition) is 0. The fourth-order valence-corrected chi connectivity index (χ4v) is 1.88. The van der Waals surface area contributed by atoms with Crippen molar-refractivity contribution in [3.8, 4) is 6.19 Å². The van der Waals surface area contributed by atoms with Gasteiger partial charge in [-0.3, -0.25) is 0 Å². The number of nitrogens with zero attached hydrogens (tertiary/aromatic N) is 3. The van der Waals surface area contributed by atoms with Gasteiger partial charge in [0.05, 0.1) is 7.11 Å². The summed E-state index contributed by atoms with van der Waals surface area (Å²) in [6.07, 6.45) is 1.76. The summed E-state index contributed by atoms with van der Waals surface area (Å²) >= 11 is 0. The Morgan fingerprint density at radius 2 is 1.55 bits per heavy atom. The van der Waals surface area contributed by atoms with E-state index in [9.17, 15) is 0 Å². The molecule has 0 aliphatic rings. The molecule has 0 spiro atoms. The van der Waals surface area contributed by atoms with Crippen LogP contribution in [0.1, 0.15) is 0 Å². The van der Waals surface area contributed by atoms with Gasteiger partial charge in [0.1, 0.15) is 6.54 Å². The van der Waals surface area contributed by atoms with E-state index in [1.165, 1.54) is 7.11 Å². The predicted octanol–water partition coefficient (Wildman–Crippen LogP) is 3.35. The number of ether oxygens (including phenoxy) is 1. The minimum absolute atomic E-state index is 0.375. The average Bonchev–Trinajstić information content (AvgIpc) is 2.53. The van der Waals surface area contributed by atoms with E-state index < -0.39 is 0 Å². The largest absolute Gasteiger partial charge is 0.482 e.